The molecule has 2 aromatic carbocycles. The van der Waals surface area contributed by atoms with E-state index in [-0.39, 0.29) is 5.91 Å². The summed E-state index contributed by atoms with van der Waals surface area (Å²) in [5, 5.41) is 2.81. The van der Waals surface area contributed by atoms with E-state index in [0.717, 1.165) is 16.1 Å². The van der Waals surface area contributed by atoms with Crippen molar-refractivity contribution in [2.75, 3.05) is 37.9 Å². The third kappa shape index (κ3) is 6.52. The molecular formula is C22H30N2O6S. The molecule has 0 saturated carbocycles. The molecule has 0 aliphatic heterocycles. The summed E-state index contributed by atoms with van der Waals surface area (Å²) in [5.41, 5.74) is 1.35. The molecule has 0 spiro atoms. The molecule has 1 N–H and O–H groups in total. The summed E-state index contributed by atoms with van der Waals surface area (Å²) in [4.78, 5) is 12.7. The standard InChI is InChI=1S/C22H30N2O6S/c1-6-30-19-10-8-18(9-11-19)24(31(5,26)27)16(2)22(25)23-14-13-17-7-12-20(28-3)21(15-17)29-4/h7-12,15-16H,6,13-14H2,1-5H3,(H,23,25)/t16-/m1/s1. The van der Waals surface area contributed by atoms with Gasteiger partial charge in [0.25, 0.3) is 0 Å². The van der Waals surface area contributed by atoms with Gasteiger partial charge in [-0.05, 0) is 62.2 Å². The lowest BCUT2D eigenvalue weighted by atomic mass is 10.1. The Hall–Kier alpha value is -2.94. The van der Waals surface area contributed by atoms with Gasteiger partial charge in [-0.25, -0.2) is 8.42 Å². The lowest BCUT2D eigenvalue weighted by Gasteiger charge is -2.28. The largest absolute Gasteiger partial charge is 0.494 e. The molecule has 0 unspecified atom stereocenters. The molecule has 0 aromatic heterocycles. The van der Waals surface area contributed by atoms with Gasteiger partial charge in [0.15, 0.2) is 11.5 Å². The van der Waals surface area contributed by atoms with Crippen LogP contribution in [-0.2, 0) is 21.2 Å². The van der Waals surface area contributed by atoms with Crippen LogP contribution in [0, 0.1) is 0 Å². The highest BCUT2D eigenvalue weighted by molar-refractivity contribution is 7.92. The highest BCUT2D eigenvalue weighted by atomic mass is 32.2. The van der Waals surface area contributed by atoms with E-state index in [1.807, 2.05) is 19.1 Å². The molecule has 0 radical (unpaired) electrons. The first-order valence-corrected chi connectivity index (χ1v) is 11.8. The lowest BCUT2D eigenvalue weighted by molar-refractivity contribution is -0.121. The van der Waals surface area contributed by atoms with Crippen LogP contribution in [-0.4, -0.2) is 54.0 Å². The molecule has 170 valence electrons. The average Bonchev–Trinajstić information content (AvgIpc) is 2.74. The number of hydrogen-bond donors (Lipinski definition) is 1. The number of benzene rings is 2. The fourth-order valence-electron chi connectivity index (χ4n) is 3.18. The maximum absolute atomic E-state index is 12.7. The van der Waals surface area contributed by atoms with Crippen molar-refractivity contribution in [1.82, 2.24) is 5.32 Å². The number of sulfonamides is 1. The number of carbonyl (C=O) groups excluding carboxylic acids is 1. The van der Waals surface area contributed by atoms with Gasteiger partial charge in [0.1, 0.15) is 11.8 Å². The van der Waals surface area contributed by atoms with Gasteiger partial charge in [0.2, 0.25) is 15.9 Å². The minimum Gasteiger partial charge on any atom is -0.494 e. The molecule has 0 saturated heterocycles. The molecule has 0 aliphatic rings. The molecule has 1 atom stereocenters. The van der Waals surface area contributed by atoms with E-state index >= 15 is 0 Å². The van der Waals surface area contributed by atoms with Crippen LogP contribution in [0.1, 0.15) is 19.4 Å². The number of ether oxygens (including phenoxy) is 3. The fraction of sp³-hybridized carbons (Fsp3) is 0.409. The van der Waals surface area contributed by atoms with E-state index in [0.29, 0.717) is 42.5 Å². The Balaban J connectivity index is 2.06. The van der Waals surface area contributed by atoms with Gasteiger partial charge in [-0.3, -0.25) is 9.10 Å². The first-order chi connectivity index (χ1) is 14.7. The molecule has 2 aromatic rings. The Morgan fingerprint density at radius 2 is 1.71 bits per heavy atom. The lowest BCUT2D eigenvalue weighted by Crippen LogP contribution is -2.48. The molecule has 0 aliphatic carbocycles. The third-order valence-electron chi connectivity index (χ3n) is 4.65. The summed E-state index contributed by atoms with van der Waals surface area (Å²) in [6.07, 6.45) is 1.64. The number of methoxy groups -OCH3 is 2. The molecule has 9 heteroatoms. The Kier molecular flexibility index (Phi) is 8.56. The van der Waals surface area contributed by atoms with E-state index in [2.05, 4.69) is 5.32 Å². The highest BCUT2D eigenvalue weighted by Gasteiger charge is 2.29. The van der Waals surface area contributed by atoms with Crippen LogP contribution in [0.2, 0.25) is 0 Å². The number of nitrogens with zero attached hydrogens (tertiary/aromatic N) is 1. The van der Waals surface area contributed by atoms with Crippen molar-refractivity contribution < 1.29 is 27.4 Å². The van der Waals surface area contributed by atoms with E-state index in [9.17, 15) is 13.2 Å². The van der Waals surface area contributed by atoms with Gasteiger partial charge in [0, 0.05) is 6.54 Å². The molecule has 0 heterocycles. The maximum atomic E-state index is 12.7. The van der Waals surface area contributed by atoms with Gasteiger partial charge >= 0.3 is 0 Å². The second-order valence-electron chi connectivity index (χ2n) is 6.89. The predicted octanol–water partition coefficient (Wildman–Crippen LogP) is 2.62. The Bertz CT molecular complexity index is 976. The van der Waals surface area contributed by atoms with Crippen molar-refractivity contribution in [2.45, 2.75) is 26.3 Å². The molecule has 1 amide bonds. The first-order valence-electron chi connectivity index (χ1n) is 9.92. The Morgan fingerprint density at radius 3 is 2.26 bits per heavy atom. The normalized spacial score (nSPS) is 12.0. The summed E-state index contributed by atoms with van der Waals surface area (Å²) in [7, 11) is -0.552. The van der Waals surface area contributed by atoms with Crippen LogP contribution in [0.5, 0.6) is 17.2 Å². The summed E-state index contributed by atoms with van der Waals surface area (Å²) >= 11 is 0. The monoisotopic (exact) mass is 450 g/mol. The van der Waals surface area contributed by atoms with Gasteiger partial charge in [0.05, 0.1) is 32.8 Å². The number of carbonyl (C=O) groups is 1. The zero-order valence-corrected chi connectivity index (χ0v) is 19.4. The van der Waals surface area contributed by atoms with Crippen LogP contribution in [0.15, 0.2) is 42.5 Å². The zero-order valence-electron chi connectivity index (χ0n) is 18.5. The molecule has 31 heavy (non-hydrogen) atoms. The van der Waals surface area contributed by atoms with Crippen molar-refractivity contribution in [3.8, 4) is 17.2 Å². The van der Waals surface area contributed by atoms with Crippen LogP contribution in [0.4, 0.5) is 5.69 Å². The van der Waals surface area contributed by atoms with Crippen LogP contribution in [0.3, 0.4) is 0 Å². The second kappa shape index (κ2) is 10.9. The molecule has 8 nitrogen and oxygen atoms in total. The quantitative estimate of drug-likeness (QED) is 0.566. The average molecular weight is 451 g/mol. The fourth-order valence-corrected chi connectivity index (χ4v) is 4.35. The number of hydrogen-bond acceptors (Lipinski definition) is 6. The summed E-state index contributed by atoms with van der Waals surface area (Å²) in [5.74, 6) is 1.48. The molecular weight excluding hydrogens is 420 g/mol. The van der Waals surface area contributed by atoms with Gasteiger partial charge in [-0.1, -0.05) is 6.07 Å². The molecule has 0 bridgehead atoms. The summed E-state index contributed by atoms with van der Waals surface area (Å²) in [6, 6.07) is 11.2. The van der Waals surface area contributed by atoms with Crippen molar-refractivity contribution in [3.05, 3.63) is 48.0 Å². The van der Waals surface area contributed by atoms with E-state index in [4.69, 9.17) is 14.2 Å². The SMILES string of the molecule is CCOc1ccc(N([C@H](C)C(=O)NCCc2ccc(OC)c(OC)c2)S(C)(=O)=O)cc1. The van der Waals surface area contributed by atoms with Crippen LogP contribution >= 0.6 is 0 Å². The van der Waals surface area contributed by atoms with Crippen LogP contribution in [0.25, 0.3) is 0 Å². The summed E-state index contributed by atoms with van der Waals surface area (Å²) in [6.45, 7) is 4.28. The minimum absolute atomic E-state index is 0.347. The number of amides is 1. The van der Waals surface area contributed by atoms with Gasteiger partial charge in [-0.2, -0.15) is 0 Å². The Labute approximate surface area is 184 Å². The van der Waals surface area contributed by atoms with Crippen molar-refractivity contribution in [3.63, 3.8) is 0 Å². The van der Waals surface area contributed by atoms with Crippen molar-refractivity contribution in [2.24, 2.45) is 0 Å². The predicted molar refractivity (Wildman–Crippen MR) is 121 cm³/mol. The zero-order chi connectivity index (χ0) is 23.0. The smallest absolute Gasteiger partial charge is 0.243 e. The van der Waals surface area contributed by atoms with Crippen LogP contribution < -0.4 is 23.8 Å². The topological polar surface area (TPSA) is 94.2 Å². The highest BCUT2D eigenvalue weighted by Crippen LogP contribution is 2.27. The number of anilines is 1. The van der Waals surface area contributed by atoms with E-state index < -0.39 is 16.1 Å². The number of rotatable bonds is 11. The van der Waals surface area contributed by atoms with Crippen molar-refractivity contribution >= 4 is 21.6 Å². The second-order valence-corrected chi connectivity index (χ2v) is 8.75. The Morgan fingerprint density at radius 1 is 1.06 bits per heavy atom. The first kappa shape index (κ1) is 24.3. The third-order valence-corrected chi connectivity index (χ3v) is 5.89. The molecule has 2 rings (SSSR count). The van der Waals surface area contributed by atoms with E-state index in [1.165, 1.54) is 0 Å². The summed E-state index contributed by atoms with van der Waals surface area (Å²) < 4.78 is 41.8. The van der Waals surface area contributed by atoms with Crippen molar-refractivity contribution in [1.29, 1.82) is 0 Å². The number of nitrogens with one attached hydrogen (secondary N) is 1. The van der Waals surface area contributed by atoms with E-state index in [1.54, 1.807) is 51.5 Å². The minimum atomic E-state index is -3.68. The molecule has 0 fully saturated rings. The van der Waals surface area contributed by atoms with Gasteiger partial charge in [-0.15, -0.1) is 0 Å². The maximum Gasteiger partial charge on any atom is 0.243 e. The van der Waals surface area contributed by atoms with Gasteiger partial charge < -0.3 is 19.5 Å².